The summed E-state index contributed by atoms with van der Waals surface area (Å²) >= 11 is 3.26. The number of halogens is 1. The number of rotatable bonds is 3. The van der Waals surface area contributed by atoms with Crippen molar-refractivity contribution >= 4 is 27.7 Å². The molecule has 0 bridgehead atoms. The van der Waals surface area contributed by atoms with Crippen LogP contribution >= 0.6 is 15.9 Å². The van der Waals surface area contributed by atoms with Crippen LogP contribution in [0, 0.1) is 0 Å². The van der Waals surface area contributed by atoms with Gasteiger partial charge in [0.15, 0.2) is 0 Å². The summed E-state index contributed by atoms with van der Waals surface area (Å²) in [5.41, 5.74) is 0. The maximum absolute atomic E-state index is 11.4. The Bertz CT molecular complexity index is 243. The lowest BCUT2D eigenvalue weighted by Crippen LogP contribution is -2.41. The molecule has 0 saturated carbocycles. The van der Waals surface area contributed by atoms with Crippen molar-refractivity contribution in [1.82, 2.24) is 10.2 Å². The van der Waals surface area contributed by atoms with Gasteiger partial charge >= 0.3 is 0 Å². The number of nitrogens with zero attached hydrogens (tertiary/aromatic N) is 1. The van der Waals surface area contributed by atoms with E-state index in [4.69, 9.17) is 0 Å². The van der Waals surface area contributed by atoms with Gasteiger partial charge in [-0.3, -0.25) is 9.59 Å². The molecule has 1 N–H and O–H groups in total. The monoisotopic (exact) mass is 262 g/mol. The minimum absolute atomic E-state index is 0.0175. The molecule has 14 heavy (non-hydrogen) atoms. The maximum Gasteiger partial charge on any atom is 0.239 e. The Morgan fingerprint density at radius 1 is 1.71 bits per heavy atom. The fourth-order valence-electron chi connectivity index (χ4n) is 1.40. The van der Waals surface area contributed by atoms with E-state index in [0.29, 0.717) is 6.54 Å². The summed E-state index contributed by atoms with van der Waals surface area (Å²) in [5, 5.41) is 2.76. The average Bonchev–Trinajstić information content (AvgIpc) is 2.34. The van der Waals surface area contributed by atoms with Crippen LogP contribution in [-0.2, 0) is 9.59 Å². The number of nitrogens with one attached hydrogen (secondary N) is 1. The van der Waals surface area contributed by atoms with Crippen molar-refractivity contribution in [1.29, 1.82) is 0 Å². The van der Waals surface area contributed by atoms with Crippen LogP contribution in [0.5, 0.6) is 0 Å². The van der Waals surface area contributed by atoms with Gasteiger partial charge in [0.05, 0.1) is 11.4 Å². The Morgan fingerprint density at radius 2 is 2.36 bits per heavy atom. The van der Waals surface area contributed by atoms with Crippen molar-refractivity contribution in [2.24, 2.45) is 0 Å². The first kappa shape index (κ1) is 11.5. The quantitative estimate of drug-likeness (QED) is 0.754. The van der Waals surface area contributed by atoms with Gasteiger partial charge in [-0.15, -0.1) is 0 Å². The largest absolute Gasteiger partial charge is 0.352 e. The van der Waals surface area contributed by atoms with Crippen molar-refractivity contribution in [2.75, 3.05) is 13.1 Å². The zero-order valence-corrected chi connectivity index (χ0v) is 10.0. The van der Waals surface area contributed by atoms with E-state index < -0.39 is 0 Å². The average molecular weight is 263 g/mol. The van der Waals surface area contributed by atoms with Gasteiger partial charge in [0, 0.05) is 12.6 Å². The molecule has 0 aromatic carbocycles. The molecule has 0 aliphatic carbocycles. The van der Waals surface area contributed by atoms with Gasteiger partial charge in [0.25, 0.3) is 0 Å². The van der Waals surface area contributed by atoms with Crippen molar-refractivity contribution in [3.63, 3.8) is 0 Å². The highest BCUT2D eigenvalue weighted by Crippen LogP contribution is 2.17. The third kappa shape index (κ3) is 2.97. The first-order valence-corrected chi connectivity index (χ1v) is 5.64. The lowest BCUT2D eigenvalue weighted by Gasteiger charge is -2.16. The number of hydrogen-bond acceptors (Lipinski definition) is 2. The number of carbonyl (C=O) groups excluding carboxylic acids is 2. The van der Waals surface area contributed by atoms with Gasteiger partial charge in [-0.1, -0.05) is 15.9 Å². The van der Waals surface area contributed by atoms with E-state index in [0.717, 1.165) is 6.42 Å². The van der Waals surface area contributed by atoms with Gasteiger partial charge in [-0.05, 0) is 20.3 Å². The van der Waals surface area contributed by atoms with Gasteiger partial charge in [-0.25, -0.2) is 0 Å². The van der Waals surface area contributed by atoms with E-state index in [1.807, 2.05) is 13.8 Å². The first-order valence-electron chi connectivity index (χ1n) is 4.73. The maximum atomic E-state index is 11.4. The van der Waals surface area contributed by atoms with Gasteiger partial charge < -0.3 is 10.2 Å². The van der Waals surface area contributed by atoms with Crippen LogP contribution in [0.1, 0.15) is 20.3 Å². The minimum Gasteiger partial charge on any atom is -0.352 e. The van der Waals surface area contributed by atoms with E-state index in [2.05, 4.69) is 21.2 Å². The molecule has 1 fully saturated rings. The zero-order valence-electron chi connectivity index (χ0n) is 8.42. The number of likely N-dealkylation sites (tertiary alicyclic amines) is 1. The van der Waals surface area contributed by atoms with Crippen molar-refractivity contribution in [3.8, 4) is 0 Å². The summed E-state index contributed by atoms with van der Waals surface area (Å²) in [6, 6.07) is 0.125. The predicted molar refractivity (Wildman–Crippen MR) is 57.2 cm³/mol. The highest BCUT2D eigenvalue weighted by molar-refractivity contribution is 9.10. The lowest BCUT2D eigenvalue weighted by atomic mass is 10.4. The van der Waals surface area contributed by atoms with Gasteiger partial charge in [-0.2, -0.15) is 0 Å². The van der Waals surface area contributed by atoms with E-state index in [1.54, 1.807) is 4.90 Å². The van der Waals surface area contributed by atoms with Crippen LogP contribution in [0.15, 0.2) is 0 Å². The Kier molecular flexibility index (Phi) is 3.92. The number of alkyl halides is 1. The molecule has 1 saturated heterocycles. The third-order valence-corrected chi connectivity index (χ3v) is 2.87. The number of carbonyl (C=O) groups is 2. The molecule has 4 nitrogen and oxygen atoms in total. The van der Waals surface area contributed by atoms with E-state index in [-0.39, 0.29) is 29.2 Å². The van der Waals surface area contributed by atoms with Crippen LogP contribution in [0.3, 0.4) is 0 Å². The van der Waals surface area contributed by atoms with Crippen molar-refractivity contribution in [2.45, 2.75) is 31.1 Å². The number of amides is 2. The second-order valence-corrected chi connectivity index (χ2v) is 4.84. The summed E-state index contributed by atoms with van der Waals surface area (Å²) in [6.07, 6.45) is 0.786. The molecular weight excluding hydrogens is 248 g/mol. The standard InChI is InChI=1S/C9H15BrN2O2/c1-6(2)11-8(13)5-12-4-3-7(10)9(12)14/h6-7H,3-5H2,1-2H3,(H,11,13). The second-order valence-electron chi connectivity index (χ2n) is 3.74. The Labute approximate surface area is 92.2 Å². The zero-order chi connectivity index (χ0) is 10.7. The fourth-order valence-corrected chi connectivity index (χ4v) is 1.89. The summed E-state index contributed by atoms with van der Waals surface area (Å²) in [6.45, 7) is 4.65. The molecule has 0 aromatic heterocycles. The number of hydrogen-bond donors (Lipinski definition) is 1. The molecular formula is C9H15BrN2O2. The first-order chi connectivity index (χ1) is 6.50. The SMILES string of the molecule is CC(C)NC(=O)CN1CCC(Br)C1=O. The summed E-state index contributed by atoms with van der Waals surface area (Å²) in [5.74, 6) is -0.0705. The molecule has 1 rings (SSSR count). The topological polar surface area (TPSA) is 49.4 Å². The Balaban J connectivity index is 2.38. The molecule has 0 aromatic rings. The normalized spacial score (nSPS) is 21.9. The molecule has 0 radical (unpaired) electrons. The fraction of sp³-hybridized carbons (Fsp3) is 0.778. The van der Waals surface area contributed by atoms with Crippen molar-refractivity contribution in [3.05, 3.63) is 0 Å². The van der Waals surface area contributed by atoms with E-state index in [1.165, 1.54) is 0 Å². The third-order valence-electron chi connectivity index (χ3n) is 2.02. The molecule has 80 valence electrons. The molecule has 1 unspecified atom stereocenters. The molecule has 5 heteroatoms. The highest BCUT2D eigenvalue weighted by Gasteiger charge is 2.30. The van der Waals surface area contributed by atoms with E-state index >= 15 is 0 Å². The molecule has 1 atom stereocenters. The summed E-state index contributed by atoms with van der Waals surface area (Å²) < 4.78 is 0. The van der Waals surface area contributed by atoms with Crippen LogP contribution in [0.2, 0.25) is 0 Å². The van der Waals surface area contributed by atoms with Crippen molar-refractivity contribution < 1.29 is 9.59 Å². The molecule has 2 amide bonds. The second kappa shape index (κ2) is 4.77. The molecule has 0 spiro atoms. The van der Waals surface area contributed by atoms with Crippen LogP contribution < -0.4 is 5.32 Å². The minimum atomic E-state index is -0.102. The predicted octanol–water partition coefficient (Wildman–Crippen LogP) is 0.507. The molecule has 1 aliphatic rings. The lowest BCUT2D eigenvalue weighted by molar-refractivity contribution is -0.132. The Hall–Kier alpha value is -0.580. The Morgan fingerprint density at radius 3 is 2.79 bits per heavy atom. The highest BCUT2D eigenvalue weighted by atomic mass is 79.9. The summed E-state index contributed by atoms with van der Waals surface area (Å²) in [4.78, 5) is 24.2. The van der Waals surface area contributed by atoms with Crippen LogP contribution in [0.25, 0.3) is 0 Å². The van der Waals surface area contributed by atoms with E-state index in [9.17, 15) is 9.59 Å². The molecule has 1 heterocycles. The summed E-state index contributed by atoms with van der Waals surface area (Å²) in [7, 11) is 0. The van der Waals surface area contributed by atoms with Gasteiger partial charge in [0.1, 0.15) is 0 Å². The van der Waals surface area contributed by atoms with Gasteiger partial charge in [0.2, 0.25) is 11.8 Å². The van der Waals surface area contributed by atoms with Crippen LogP contribution in [-0.4, -0.2) is 40.7 Å². The molecule has 1 aliphatic heterocycles. The van der Waals surface area contributed by atoms with Crippen LogP contribution in [0.4, 0.5) is 0 Å². The smallest absolute Gasteiger partial charge is 0.239 e.